The summed E-state index contributed by atoms with van der Waals surface area (Å²) in [4.78, 5) is 24.5. The van der Waals surface area contributed by atoms with Crippen LogP contribution in [0.15, 0.2) is 50.5 Å². The van der Waals surface area contributed by atoms with Gasteiger partial charge in [-0.1, -0.05) is 17.7 Å². The van der Waals surface area contributed by atoms with E-state index in [9.17, 15) is 18.0 Å². The van der Waals surface area contributed by atoms with Crippen molar-refractivity contribution in [1.29, 1.82) is 0 Å². The van der Waals surface area contributed by atoms with Crippen molar-refractivity contribution in [2.24, 2.45) is 5.92 Å². The third kappa shape index (κ3) is 4.74. The third-order valence-electron chi connectivity index (χ3n) is 6.30. The molecule has 0 unspecified atom stereocenters. The lowest BCUT2D eigenvalue weighted by Gasteiger charge is -2.31. The Morgan fingerprint density at radius 3 is 2.52 bits per heavy atom. The average molecular weight is 472 g/mol. The van der Waals surface area contributed by atoms with Gasteiger partial charge in [-0.05, 0) is 63.3 Å². The summed E-state index contributed by atoms with van der Waals surface area (Å²) in [6.45, 7) is 6.95. The van der Waals surface area contributed by atoms with Crippen LogP contribution in [0.1, 0.15) is 37.3 Å². The highest BCUT2D eigenvalue weighted by Gasteiger charge is 2.31. The van der Waals surface area contributed by atoms with Crippen molar-refractivity contribution in [1.82, 2.24) is 8.87 Å². The highest BCUT2D eigenvalue weighted by Crippen LogP contribution is 2.28. The van der Waals surface area contributed by atoms with Crippen LogP contribution in [0.25, 0.3) is 11.1 Å². The van der Waals surface area contributed by atoms with E-state index in [0.29, 0.717) is 44.4 Å². The number of nitrogens with zero attached hydrogens (tertiary/aromatic N) is 2. The van der Waals surface area contributed by atoms with Gasteiger partial charge in [0.05, 0.1) is 10.4 Å². The van der Waals surface area contributed by atoms with E-state index in [1.54, 1.807) is 6.07 Å². The number of rotatable bonds is 6. The van der Waals surface area contributed by atoms with E-state index < -0.39 is 15.8 Å². The minimum Gasteiger partial charge on any atom is -0.408 e. The van der Waals surface area contributed by atoms with Crippen molar-refractivity contribution in [2.75, 3.05) is 18.4 Å². The standard InChI is InChI=1S/C24H29N3O5S/c1-4-27-21-8-6-19(15-22(21)32-24(27)29)33(30,31)26-11-9-18(10-12-26)14-23(28)25-20-7-5-16(2)13-17(20)3/h5-8,13,15,18H,4,9-12,14H2,1-3H3,(H,25,28). The molecule has 0 aliphatic carbocycles. The minimum absolute atomic E-state index is 0.0517. The summed E-state index contributed by atoms with van der Waals surface area (Å²) in [5.74, 6) is -0.424. The molecule has 0 radical (unpaired) electrons. The summed E-state index contributed by atoms with van der Waals surface area (Å²) in [5.41, 5.74) is 3.81. The van der Waals surface area contributed by atoms with Crippen molar-refractivity contribution in [3.63, 3.8) is 0 Å². The first-order valence-electron chi connectivity index (χ1n) is 11.2. The van der Waals surface area contributed by atoms with E-state index in [1.165, 1.54) is 21.0 Å². The molecule has 1 aromatic heterocycles. The summed E-state index contributed by atoms with van der Waals surface area (Å²) in [6, 6.07) is 10.4. The number of carbonyl (C=O) groups is 1. The molecule has 8 nitrogen and oxygen atoms in total. The number of anilines is 1. The van der Waals surface area contributed by atoms with E-state index in [2.05, 4.69) is 5.32 Å². The molecule has 176 valence electrons. The molecule has 9 heteroatoms. The van der Waals surface area contributed by atoms with E-state index in [4.69, 9.17) is 4.42 Å². The fourth-order valence-electron chi connectivity index (χ4n) is 4.43. The van der Waals surface area contributed by atoms with Gasteiger partial charge in [-0.25, -0.2) is 13.2 Å². The smallest absolute Gasteiger partial charge is 0.408 e. The number of fused-ring (bicyclic) bond motifs is 1. The molecular weight excluding hydrogens is 442 g/mol. The Morgan fingerprint density at radius 2 is 1.85 bits per heavy atom. The van der Waals surface area contributed by atoms with Crippen molar-refractivity contribution in [3.05, 3.63) is 58.1 Å². The molecule has 33 heavy (non-hydrogen) atoms. The molecule has 1 N–H and O–H groups in total. The topological polar surface area (TPSA) is 102 Å². The number of aromatic nitrogens is 1. The Kier molecular flexibility index (Phi) is 6.45. The molecule has 1 saturated heterocycles. The van der Waals surface area contributed by atoms with Crippen LogP contribution in [0.4, 0.5) is 5.69 Å². The first-order chi connectivity index (χ1) is 15.7. The average Bonchev–Trinajstić information content (AvgIpc) is 3.10. The van der Waals surface area contributed by atoms with Gasteiger partial charge in [-0.3, -0.25) is 9.36 Å². The van der Waals surface area contributed by atoms with Crippen LogP contribution in [-0.4, -0.2) is 36.3 Å². The second-order valence-electron chi connectivity index (χ2n) is 8.66. The van der Waals surface area contributed by atoms with Gasteiger partial charge in [0.15, 0.2) is 5.58 Å². The molecule has 2 heterocycles. The first kappa shape index (κ1) is 23.3. The second kappa shape index (κ2) is 9.15. The minimum atomic E-state index is -3.71. The number of amides is 1. The first-order valence-corrected chi connectivity index (χ1v) is 12.6. The predicted molar refractivity (Wildman–Crippen MR) is 127 cm³/mol. The third-order valence-corrected chi connectivity index (χ3v) is 8.19. The van der Waals surface area contributed by atoms with Crippen molar-refractivity contribution in [2.45, 2.75) is 51.5 Å². The molecule has 0 atom stereocenters. The van der Waals surface area contributed by atoms with Crippen molar-refractivity contribution < 1.29 is 17.6 Å². The molecule has 0 bridgehead atoms. The van der Waals surface area contributed by atoms with Gasteiger partial charge in [0.2, 0.25) is 15.9 Å². The summed E-state index contributed by atoms with van der Waals surface area (Å²) < 4.78 is 34.4. The molecule has 0 saturated carbocycles. The SMILES string of the molecule is CCn1c(=O)oc2cc(S(=O)(=O)N3CCC(CC(=O)Nc4ccc(C)cc4C)CC3)ccc21. The van der Waals surface area contributed by atoms with Crippen LogP contribution in [0, 0.1) is 19.8 Å². The number of carbonyl (C=O) groups excluding carboxylic acids is 1. The largest absolute Gasteiger partial charge is 0.419 e. The number of oxazole rings is 1. The van der Waals surface area contributed by atoms with Crippen molar-refractivity contribution >= 4 is 32.7 Å². The van der Waals surface area contributed by atoms with Crippen LogP contribution in [0.3, 0.4) is 0 Å². The van der Waals surface area contributed by atoms with Gasteiger partial charge in [0.1, 0.15) is 0 Å². The Morgan fingerprint density at radius 1 is 1.12 bits per heavy atom. The number of aryl methyl sites for hydroxylation is 3. The monoisotopic (exact) mass is 471 g/mol. The maximum atomic E-state index is 13.1. The Hall–Kier alpha value is -2.91. The zero-order valence-corrected chi connectivity index (χ0v) is 19.9. The summed E-state index contributed by atoms with van der Waals surface area (Å²) in [6.07, 6.45) is 1.59. The number of nitrogens with one attached hydrogen (secondary N) is 1. The van der Waals surface area contributed by atoms with Crippen LogP contribution < -0.4 is 11.1 Å². The van der Waals surface area contributed by atoms with Gasteiger partial charge < -0.3 is 9.73 Å². The number of benzene rings is 2. The highest BCUT2D eigenvalue weighted by molar-refractivity contribution is 7.89. The normalized spacial score (nSPS) is 15.7. The number of hydrogen-bond acceptors (Lipinski definition) is 5. The molecule has 0 spiro atoms. The van der Waals surface area contributed by atoms with Crippen LogP contribution in [-0.2, 0) is 21.4 Å². The van der Waals surface area contributed by atoms with Crippen molar-refractivity contribution in [3.8, 4) is 0 Å². The van der Waals surface area contributed by atoms with Gasteiger partial charge in [-0.2, -0.15) is 4.31 Å². The predicted octanol–water partition coefficient (Wildman–Crippen LogP) is 3.66. The van der Waals surface area contributed by atoms with E-state index in [0.717, 1.165) is 16.8 Å². The van der Waals surface area contributed by atoms with Gasteiger partial charge in [0, 0.05) is 37.8 Å². The van der Waals surface area contributed by atoms with Crippen LogP contribution in [0.5, 0.6) is 0 Å². The maximum absolute atomic E-state index is 13.1. The molecular formula is C24H29N3O5S. The lowest BCUT2D eigenvalue weighted by atomic mass is 9.94. The van der Waals surface area contributed by atoms with E-state index in [1.807, 2.05) is 39.0 Å². The molecule has 1 aliphatic heterocycles. The second-order valence-corrected chi connectivity index (χ2v) is 10.6. The molecule has 1 amide bonds. The maximum Gasteiger partial charge on any atom is 0.419 e. The zero-order valence-electron chi connectivity index (χ0n) is 19.1. The number of hydrogen-bond donors (Lipinski definition) is 1. The lowest BCUT2D eigenvalue weighted by Crippen LogP contribution is -2.39. The molecule has 4 rings (SSSR count). The Labute approximate surface area is 193 Å². The molecule has 1 fully saturated rings. The zero-order chi connectivity index (χ0) is 23.8. The summed E-state index contributed by atoms with van der Waals surface area (Å²) in [7, 11) is -3.71. The molecule has 2 aromatic carbocycles. The van der Waals surface area contributed by atoms with Crippen LogP contribution >= 0.6 is 0 Å². The quantitative estimate of drug-likeness (QED) is 0.591. The molecule has 3 aromatic rings. The van der Waals surface area contributed by atoms with Gasteiger partial charge in [-0.15, -0.1) is 0 Å². The highest BCUT2D eigenvalue weighted by atomic mass is 32.2. The van der Waals surface area contributed by atoms with E-state index in [-0.39, 0.29) is 22.3 Å². The fourth-order valence-corrected chi connectivity index (χ4v) is 5.91. The summed E-state index contributed by atoms with van der Waals surface area (Å²) in [5, 5.41) is 2.97. The van der Waals surface area contributed by atoms with E-state index >= 15 is 0 Å². The number of sulfonamides is 1. The Bertz CT molecular complexity index is 1350. The molecule has 1 aliphatic rings. The summed E-state index contributed by atoms with van der Waals surface area (Å²) >= 11 is 0. The lowest BCUT2D eigenvalue weighted by molar-refractivity contribution is -0.117. The number of piperidine rings is 1. The van der Waals surface area contributed by atoms with Crippen LogP contribution in [0.2, 0.25) is 0 Å². The van der Waals surface area contributed by atoms with Gasteiger partial charge in [0.25, 0.3) is 0 Å². The fraction of sp³-hybridized carbons (Fsp3) is 0.417. The Balaban J connectivity index is 1.39. The van der Waals surface area contributed by atoms with Gasteiger partial charge >= 0.3 is 5.76 Å².